The molecule has 1 saturated heterocycles. The number of likely N-dealkylation sites (N-methyl/N-ethyl adjacent to an activating group) is 1. The van der Waals surface area contributed by atoms with Crippen LogP contribution >= 0.6 is 0 Å². The Hall–Kier alpha value is -5.25. The zero-order valence-corrected chi connectivity index (χ0v) is 29.1. The van der Waals surface area contributed by atoms with E-state index in [0.29, 0.717) is 18.0 Å². The van der Waals surface area contributed by atoms with Gasteiger partial charge >= 0.3 is 6.03 Å². The minimum absolute atomic E-state index is 0.00128. The number of anilines is 1. The van der Waals surface area contributed by atoms with Gasteiger partial charge in [-0.1, -0.05) is 104 Å². The maximum atomic E-state index is 12.8. The summed E-state index contributed by atoms with van der Waals surface area (Å²) in [5.74, 6) is 1.53. The van der Waals surface area contributed by atoms with Gasteiger partial charge in [0, 0.05) is 36.8 Å². The molecule has 1 aliphatic heterocycles. The van der Waals surface area contributed by atoms with Crippen LogP contribution in [0, 0.1) is 5.92 Å². The predicted molar refractivity (Wildman–Crippen MR) is 201 cm³/mol. The Balaban J connectivity index is 1.11. The van der Waals surface area contributed by atoms with E-state index in [-0.39, 0.29) is 30.8 Å². The highest BCUT2D eigenvalue weighted by molar-refractivity contribution is 5.89. The van der Waals surface area contributed by atoms with Crippen LogP contribution < -0.4 is 15.4 Å². The molecule has 4 atom stereocenters. The molecule has 4 unspecified atom stereocenters. The van der Waals surface area contributed by atoms with Crippen molar-refractivity contribution in [2.75, 3.05) is 25.5 Å². The average Bonchev–Trinajstić information content (AvgIpc) is 3.16. The van der Waals surface area contributed by atoms with Crippen LogP contribution in [0.1, 0.15) is 41.6 Å². The molecule has 51 heavy (non-hydrogen) atoms. The third-order valence-corrected chi connectivity index (χ3v) is 9.10. The first-order valence-electron chi connectivity index (χ1n) is 17.3. The largest absolute Gasteiger partial charge is 0.457 e. The molecule has 0 bridgehead atoms. The highest BCUT2D eigenvalue weighted by Crippen LogP contribution is 2.42. The second kappa shape index (κ2) is 17.1. The fourth-order valence-corrected chi connectivity index (χ4v) is 6.29. The number of para-hydroxylation sites is 1. The summed E-state index contributed by atoms with van der Waals surface area (Å²) in [7, 11) is 2.07. The SMILES string of the molecule is C=CCN(C)CC1OC(c2ccc(-c3ccccc3CNC(=O)Nc3ccc(Oc4ccccc4)cc3)cc2)OC(c2ccc(CO)cc2)C1C. The van der Waals surface area contributed by atoms with Crippen LogP contribution in [0.3, 0.4) is 0 Å². The van der Waals surface area contributed by atoms with Gasteiger partial charge in [0.05, 0.1) is 18.8 Å². The molecule has 2 amide bonds. The number of carbonyl (C=O) groups excluding carboxylic acids is 1. The van der Waals surface area contributed by atoms with Crippen LogP contribution in [0.25, 0.3) is 11.1 Å². The summed E-state index contributed by atoms with van der Waals surface area (Å²) in [6, 6.07) is 40.8. The Bertz CT molecular complexity index is 1860. The second-order valence-electron chi connectivity index (χ2n) is 12.9. The number of nitrogens with zero attached hydrogens (tertiary/aromatic N) is 1. The molecule has 0 saturated carbocycles. The number of hydrogen-bond donors (Lipinski definition) is 3. The van der Waals surface area contributed by atoms with Gasteiger partial charge in [-0.25, -0.2) is 4.79 Å². The molecular weight excluding hydrogens is 638 g/mol. The number of rotatable bonds is 13. The van der Waals surface area contributed by atoms with Crippen molar-refractivity contribution in [1.29, 1.82) is 0 Å². The third kappa shape index (κ3) is 9.31. The first-order chi connectivity index (χ1) is 24.9. The van der Waals surface area contributed by atoms with E-state index in [1.807, 2.05) is 103 Å². The molecule has 0 aromatic heterocycles. The second-order valence-corrected chi connectivity index (χ2v) is 12.9. The molecule has 3 N–H and O–H groups in total. The molecule has 0 radical (unpaired) electrons. The van der Waals surface area contributed by atoms with Crippen molar-refractivity contribution in [2.24, 2.45) is 5.92 Å². The van der Waals surface area contributed by atoms with Gasteiger partial charge in [0.2, 0.25) is 0 Å². The monoisotopic (exact) mass is 683 g/mol. The fraction of sp³-hybridized carbons (Fsp3) is 0.233. The molecule has 5 aromatic rings. The summed E-state index contributed by atoms with van der Waals surface area (Å²) in [5.41, 5.74) is 6.54. The Labute approximate surface area is 300 Å². The van der Waals surface area contributed by atoms with Crippen molar-refractivity contribution in [2.45, 2.75) is 38.6 Å². The van der Waals surface area contributed by atoms with Crippen molar-refractivity contribution in [1.82, 2.24) is 10.2 Å². The summed E-state index contributed by atoms with van der Waals surface area (Å²) < 4.78 is 19.1. The molecule has 6 rings (SSSR count). The van der Waals surface area contributed by atoms with Crippen LogP contribution in [-0.2, 0) is 22.6 Å². The predicted octanol–water partition coefficient (Wildman–Crippen LogP) is 8.87. The Morgan fingerprint density at radius 3 is 2.22 bits per heavy atom. The molecule has 0 spiro atoms. The van der Waals surface area contributed by atoms with E-state index in [4.69, 9.17) is 14.2 Å². The van der Waals surface area contributed by atoms with Crippen molar-refractivity contribution in [3.8, 4) is 22.6 Å². The lowest BCUT2D eigenvalue weighted by molar-refractivity contribution is -0.275. The summed E-state index contributed by atoms with van der Waals surface area (Å²) in [5, 5.41) is 15.4. The topological polar surface area (TPSA) is 92.3 Å². The van der Waals surface area contributed by atoms with Crippen LogP contribution in [0.4, 0.5) is 10.5 Å². The molecular formula is C43H45N3O5. The van der Waals surface area contributed by atoms with Gasteiger partial charge in [-0.2, -0.15) is 0 Å². The van der Waals surface area contributed by atoms with Gasteiger partial charge < -0.3 is 34.9 Å². The van der Waals surface area contributed by atoms with Gasteiger partial charge in [-0.05, 0) is 71.3 Å². The lowest BCUT2D eigenvalue weighted by Gasteiger charge is -2.42. The fourth-order valence-electron chi connectivity index (χ4n) is 6.29. The van der Waals surface area contributed by atoms with Crippen molar-refractivity contribution < 1.29 is 24.1 Å². The lowest BCUT2D eigenvalue weighted by atomic mass is 9.90. The minimum Gasteiger partial charge on any atom is -0.457 e. The first kappa shape index (κ1) is 35.6. The molecule has 0 aliphatic carbocycles. The van der Waals surface area contributed by atoms with Gasteiger partial charge in [-0.3, -0.25) is 0 Å². The van der Waals surface area contributed by atoms with E-state index in [2.05, 4.69) is 66.4 Å². The van der Waals surface area contributed by atoms with Gasteiger partial charge in [0.1, 0.15) is 11.5 Å². The molecule has 262 valence electrons. The van der Waals surface area contributed by atoms with Crippen LogP contribution in [0.15, 0.2) is 140 Å². The zero-order valence-electron chi connectivity index (χ0n) is 29.1. The smallest absolute Gasteiger partial charge is 0.319 e. The number of hydrogen-bond acceptors (Lipinski definition) is 6. The maximum absolute atomic E-state index is 12.8. The number of aliphatic hydroxyl groups is 1. The number of benzene rings is 5. The van der Waals surface area contributed by atoms with Gasteiger partial charge in [-0.15, -0.1) is 6.58 Å². The normalized spacial score (nSPS) is 18.6. The third-order valence-electron chi connectivity index (χ3n) is 9.10. The molecule has 5 aromatic carbocycles. The number of amides is 2. The van der Waals surface area contributed by atoms with E-state index in [1.165, 1.54) is 0 Å². The Kier molecular flexibility index (Phi) is 11.9. The number of urea groups is 1. The van der Waals surface area contributed by atoms with Gasteiger partial charge in [0.25, 0.3) is 0 Å². The zero-order chi connectivity index (χ0) is 35.6. The van der Waals surface area contributed by atoms with Crippen molar-refractivity contribution in [3.63, 3.8) is 0 Å². The lowest BCUT2D eigenvalue weighted by Crippen LogP contribution is -2.43. The highest BCUT2D eigenvalue weighted by atomic mass is 16.7. The summed E-state index contributed by atoms with van der Waals surface area (Å²) in [6.45, 7) is 7.90. The van der Waals surface area contributed by atoms with E-state index in [1.54, 1.807) is 0 Å². The first-order valence-corrected chi connectivity index (χ1v) is 17.3. The molecule has 1 heterocycles. The summed E-state index contributed by atoms with van der Waals surface area (Å²) in [6.07, 6.45) is 1.08. The molecule has 8 heteroatoms. The number of ether oxygens (including phenoxy) is 3. The van der Waals surface area contributed by atoms with Crippen LogP contribution in [0.2, 0.25) is 0 Å². The standard InChI is InChI=1S/C43H45N3O5/c1-4-26-46(3)28-40-30(2)41(33-16-14-31(29-47)15-17-33)51-42(50-40)34-20-18-32(19-21-34)39-13-9-8-10-35(39)27-44-43(48)45-36-22-24-38(25-23-36)49-37-11-6-5-7-12-37/h4-25,30,40-42,47H,1,26-29H2,2-3H3,(H2,44,45,48). The average molecular weight is 684 g/mol. The highest BCUT2D eigenvalue weighted by Gasteiger charge is 2.38. The summed E-state index contributed by atoms with van der Waals surface area (Å²) >= 11 is 0. The quantitative estimate of drug-likeness (QED) is 0.107. The number of aliphatic hydroxyl groups excluding tert-OH is 1. The van der Waals surface area contributed by atoms with Crippen molar-refractivity contribution in [3.05, 3.63) is 162 Å². The maximum Gasteiger partial charge on any atom is 0.319 e. The molecule has 8 nitrogen and oxygen atoms in total. The van der Waals surface area contributed by atoms with E-state index in [9.17, 15) is 9.90 Å². The minimum atomic E-state index is -0.556. The van der Waals surface area contributed by atoms with Gasteiger partial charge in [0.15, 0.2) is 6.29 Å². The number of nitrogens with one attached hydrogen (secondary N) is 2. The van der Waals surface area contributed by atoms with E-state index in [0.717, 1.165) is 52.2 Å². The van der Waals surface area contributed by atoms with E-state index >= 15 is 0 Å². The number of carbonyl (C=O) groups is 1. The van der Waals surface area contributed by atoms with Crippen LogP contribution in [0.5, 0.6) is 11.5 Å². The molecule has 1 aliphatic rings. The van der Waals surface area contributed by atoms with Crippen molar-refractivity contribution >= 4 is 11.7 Å². The van der Waals surface area contributed by atoms with Crippen LogP contribution in [-0.4, -0.2) is 42.3 Å². The Morgan fingerprint density at radius 1 is 0.843 bits per heavy atom. The summed E-state index contributed by atoms with van der Waals surface area (Å²) in [4.78, 5) is 15.0. The Morgan fingerprint density at radius 2 is 1.51 bits per heavy atom. The molecule has 1 fully saturated rings. The van der Waals surface area contributed by atoms with E-state index < -0.39 is 6.29 Å².